The molecule has 0 bridgehead atoms. The number of sulfone groups is 1. The molecule has 1 N–H and O–H groups in total. The first-order valence-corrected chi connectivity index (χ1v) is 10.1. The van der Waals surface area contributed by atoms with Gasteiger partial charge < -0.3 is 0 Å². The number of aromatic amines is 1. The molecule has 3 aromatic heterocycles. The largest absolute Gasteiger partial charge is 0.402 e. The third kappa shape index (κ3) is 3.58. The number of hydrogen-bond donors (Lipinski definition) is 1. The van der Waals surface area contributed by atoms with Gasteiger partial charge in [-0.3, -0.25) is 5.10 Å². The van der Waals surface area contributed by atoms with Gasteiger partial charge in [0.2, 0.25) is 0 Å². The zero-order valence-electron chi connectivity index (χ0n) is 14.6. The molecular weight excluding hydrogens is 411 g/mol. The Bertz CT molecular complexity index is 1220. The van der Waals surface area contributed by atoms with Crippen LogP contribution in [0.3, 0.4) is 0 Å². The van der Waals surface area contributed by atoms with Crippen molar-refractivity contribution >= 4 is 9.84 Å². The fourth-order valence-electron chi connectivity index (χ4n) is 3.34. The summed E-state index contributed by atoms with van der Waals surface area (Å²) in [5.74, 6) is -2.72. The lowest BCUT2D eigenvalue weighted by Gasteiger charge is -2.12. The van der Waals surface area contributed by atoms with E-state index in [4.69, 9.17) is 0 Å². The molecule has 0 atom stereocenters. The Morgan fingerprint density at radius 3 is 2.62 bits per heavy atom. The Morgan fingerprint density at radius 2 is 1.97 bits per heavy atom. The second kappa shape index (κ2) is 6.66. The molecule has 0 unspecified atom stereocenters. The number of nitrogens with one attached hydrogen (secondary N) is 1. The molecule has 9 nitrogen and oxygen atoms in total. The molecule has 3 heterocycles. The molecule has 4 rings (SSSR count). The van der Waals surface area contributed by atoms with Crippen LogP contribution in [-0.4, -0.2) is 50.3 Å². The number of alkyl halides is 3. The van der Waals surface area contributed by atoms with Crippen molar-refractivity contribution in [3.05, 3.63) is 41.4 Å². The predicted molar refractivity (Wildman–Crippen MR) is 92.4 cm³/mol. The molecule has 1 aliphatic carbocycles. The van der Waals surface area contributed by atoms with Gasteiger partial charge in [0.05, 0.1) is 35.1 Å². The highest BCUT2D eigenvalue weighted by Gasteiger charge is 2.37. The number of nitriles is 1. The fourth-order valence-corrected chi connectivity index (χ4v) is 4.62. The van der Waals surface area contributed by atoms with Gasteiger partial charge in [0.1, 0.15) is 29.5 Å². The quantitative estimate of drug-likeness (QED) is 0.673. The highest BCUT2D eigenvalue weighted by atomic mass is 32.2. The number of aryl methyl sites for hydroxylation is 1. The zero-order valence-corrected chi connectivity index (χ0v) is 15.4. The summed E-state index contributed by atoms with van der Waals surface area (Å²) in [6.07, 6.45) is 0.184. The summed E-state index contributed by atoms with van der Waals surface area (Å²) >= 11 is 0. The fraction of sp³-hybridized carbons (Fsp3) is 0.312. The molecule has 0 amide bonds. The van der Waals surface area contributed by atoms with E-state index < -0.39 is 27.5 Å². The van der Waals surface area contributed by atoms with Crippen LogP contribution in [0.25, 0.3) is 16.9 Å². The van der Waals surface area contributed by atoms with E-state index in [1.807, 2.05) is 0 Å². The summed E-state index contributed by atoms with van der Waals surface area (Å²) in [6.45, 7) is 0. The van der Waals surface area contributed by atoms with Crippen molar-refractivity contribution in [3.63, 3.8) is 0 Å². The van der Waals surface area contributed by atoms with E-state index in [1.165, 1.54) is 23.4 Å². The average molecular weight is 423 g/mol. The van der Waals surface area contributed by atoms with Gasteiger partial charge in [0.25, 0.3) is 0 Å². The van der Waals surface area contributed by atoms with Crippen LogP contribution in [0.2, 0.25) is 0 Å². The van der Waals surface area contributed by atoms with E-state index in [0.29, 0.717) is 41.0 Å². The summed E-state index contributed by atoms with van der Waals surface area (Å²) in [4.78, 5) is 7.80. The standard InChI is InChI=1S/C16H12F3N7O2S/c17-16(18,19)7-29(27,28)6-12-10-1-2-11-14(15(10)24-23-12)13(3-20)26(25-11)9-4-21-8-22-5-9/h4-5,8H,1-2,6-7H2,(H,23,24). The topological polar surface area (TPSA) is 130 Å². The molecule has 0 spiro atoms. The number of aromatic nitrogens is 6. The molecule has 3 aromatic rings. The number of fused-ring (bicyclic) bond motifs is 3. The number of hydrogen-bond acceptors (Lipinski definition) is 7. The maximum absolute atomic E-state index is 12.5. The molecule has 1 aliphatic rings. The minimum atomic E-state index is -4.82. The summed E-state index contributed by atoms with van der Waals surface area (Å²) in [5, 5.41) is 20.7. The van der Waals surface area contributed by atoms with Crippen LogP contribution in [0.1, 0.15) is 22.6 Å². The number of nitrogens with zero attached hydrogens (tertiary/aromatic N) is 6. The van der Waals surface area contributed by atoms with Crippen LogP contribution in [0.4, 0.5) is 13.2 Å². The van der Waals surface area contributed by atoms with Crippen LogP contribution in [0.5, 0.6) is 0 Å². The molecule has 0 saturated carbocycles. The van der Waals surface area contributed by atoms with Gasteiger partial charge >= 0.3 is 6.18 Å². The lowest BCUT2D eigenvalue weighted by molar-refractivity contribution is -0.106. The van der Waals surface area contributed by atoms with E-state index in [1.54, 1.807) is 0 Å². The first kappa shape index (κ1) is 19.1. The Kier molecular flexibility index (Phi) is 4.38. The molecule has 0 saturated heterocycles. The van der Waals surface area contributed by atoms with E-state index in [9.17, 15) is 26.9 Å². The average Bonchev–Trinajstić information content (AvgIpc) is 3.20. The van der Waals surface area contributed by atoms with E-state index in [0.717, 1.165) is 0 Å². The maximum atomic E-state index is 12.5. The third-order valence-electron chi connectivity index (χ3n) is 4.40. The number of H-pyrrole nitrogens is 1. The smallest absolute Gasteiger partial charge is 0.281 e. The van der Waals surface area contributed by atoms with Crippen molar-refractivity contribution in [1.29, 1.82) is 5.26 Å². The van der Waals surface area contributed by atoms with E-state index in [-0.39, 0.29) is 11.4 Å². The predicted octanol–water partition coefficient (Wildman–Crippen LogP) is 1.50. The normalized spacial score (nSPS) is 13.6. The van der Waals surface area contributed by atoms with Crippen LogP contribution in [0.15, 0.2) is 18.7 Å². The molecule has 13 heteroatoms. The molecule has 0 radical (unpaired) electrons. The van der Waals surface area contributed by atoms with Crippen molar-refractivity contribution in [2.45, 2.75) is 24.8 Å². The van der Waals surface area contributed by atoms with Crippen molar-refractivity contribution in [2.24, 2.45) is 0 Å². The monoisotopic (exact) mass is 423 g/mol. The van der Waals surface area contributed by atoms with Gasteiger partial charge in [-0.15, -0.1) is 0 Å². The SMILES string of the molecule is N#Cc1c2c(nn1-c1cncnc1)CCc1c-2n[nH]c1CS(=O)(=O)CC(F)(F)F. The minimum Gasteiger partial charge on any atom is -0.281 e. The Balaban J connectivity index is 1.76. The molecule has 0 fully saturated rings. The van der Waals surface area contributed by atoms with E-state index in [2.05, 4.69) is 31.3 Å². The first-order valence-electron chi connectivity index (χ1n) is 8.29. The maximum Gasteiger partial charge on any atom is 0.402 e. The molecule has 150 valence electrons. The Labute approximate surface area is 162 Å². The summed E-state index contributed by atoms with van der Waals surface area (Å²) in [6, 6.07) is 2.06. The second-order valence-corrected chi connectivity index (χ2v) is 8.53. The van der Waals surface area contributed by atoms with E-state index >= 15 is 0 Å². The van der Waals surface area contributed by atoms with Gasteiger partial charge in [-0.1, -0.05) is 0 Å². The van der Waals surface area contributed by atoms with Crippen molar-refractivity contribution in [1.82, 2.24) is 29.9 Å². The number of rotatable bonds is 4. The van der Waals surface area contributed by atoms with Gasteiger partial charge in [-0.25, -0.2) is 23.1 Å². The lowest BCUT2D eigenvalue weighted by Crippen LogP contribution is -2.24. The Hall–Kier alpha value is -3.27. The second-order valence-electron chi connectivity index (χ2n) is 6.47. The van der Waals surface area contributed by atoms with Gasteiger partial charge in [0.15, 0.2) is 15.5 Å². The minimum absolute atomic E-state index is 0.0922. The van der Waals surface area contributed by atoms with Gasteiger partial charge in [-0.05, 0) is 12.8 Å². The zero-order chi connectivity index (χ0) is 20.8. The molecule has 0 aliphatic heterocycles. The molecule has 29 heavy (non-hydrogen) atoms. The third-order valence-corrected chi connectivity index (χ3v) is 5.90. The highest BCUT2D eigenvalue weighted by Crippen LogP contribution is 2.37. The molecule has 0 aromatic carbocycles. The van der Waals surface area contributed by atoms with Crippen LogP contribution in [-0.2, 0) is 28.4 Å². The van der Waals surface area contributed by atoms with Crippen molar-refractivity contribution < 1.29 is 21.6 Å². The van der Waals surface area contributed by atoms with Gasteiger partial charge in [0, 0.05) is 5.56 Å². The van der Waals surface area contributed by atoms with Gasteiger partial charge in [-0.2, -0.15) is 28.6 Å². The lowest BCUT2D eigenvalue weighted by atomic mass is 9.92. The van der Waals surface area contributed by atoms with Crippen molar-refractivity contribution in [2.75, 3.05) is 5.75 Å². The highest BCUT2D eigenvalue weighted by molar-refractivity contribution is 7.90. The summed E-state index contributed by atoms with van der Waals surface area (Å²) < 4.78 is 62.7. The van der Waals surface area contributed by atoms with Crippen molar-refractivity contribution in [3.8, 4) is 23.0 Å². The first-order chi connectivity index (χ1) is 13.7. The summed E-state index contributed by atoms with van der Waals surface area (Å²) in [5.41, 5.74) is 2.51. The van der Waals surface area contributed by atoms with Crippen LogP contribution in [0, 0.1) is 11.3 Å². The summed E-state index contributed by atoms with van der Waals surface area (Å²) in [7, 11) is -4.43. The number of halogens is 3. The van der Waals surface area contributed by atoms with Crippen LogP contribution >= 0.6 is 0 Å². The molecular formula is C16H12F3N7O2S. The Morgan fingerprint density at radius 1 is 1.24 bits per heavy atom. The van der Waals surface area contributed by atoms with Crippen LogP contribution < -0.4 is 0 Å².